The van der Waals surface area contributed by atoms with Gasteiger partial charge in [0.2, 0.25) is 5.06 Å². The minimum absolute atomic E-state index is 0.0657. The molecule has 2 aromatic rings. The lowest BCUT2D eigenvalue weighted by molar-refractivity contribution is -0.121. The van der Waals surface area contributed by atoms with Crippen LogP contribution in [0.5, 0.6) is 16.6 Å². The van der Waals surface area contributed by atoms with Crippen molar-refractivity contribution in [2.24, 2.45) is 0 Å². The number of nitrogen functional groups attached to an aromatic ring is 1. The Kier molecular flexibility index (Phi) is 4.71. The zero-order chi connectivity index (χ0) is 18.3. The zero-order valence-corrected chi connectivity index (χ0v) is 15.7. The molecule has 3 rings (SSSR count). The van der Waals surface area contributed by atoms with Gasteiger partial charge in [-0.05, 0) is 45.4 Å². The summed E-state index contributed by atoms with van der Waals surface area (Å²) in [7, 11) is 1.35. The Hall–Kier alpha value is -2.11. The van der Waals surface area contributed by atoms with Crippen molar-refractivity contribution in [1.82, 2.24) is 9.88 Å². The van der Waals surface area contributed by atoms with E-state index in [2.05, 4.69) is 20.9 Å². The third-order valence-electron chi connectivity index (χ3n) is 3.16. The molecule has 0 spiro atoms. The van der Waals surface area contributed by atoms with E-state index in [1.807, 2.05) is 0 Å². The number of nitrogens with zero attached hydrogens (tertiary/aromatic N) is 2. The first-order valence-corrected chi connectivity index (χ1v) is 9.02. The molecule has 0 aliphatic carbocycles. The molecule has 11 heteroatoms. The van der Waals surface area contributed by atoms with Crippen molar-refractivity contribution < 1.29 is 23.8 Å². The smallest absolute Gasteiger partial charge is 0.293 e. The molecule has 7 nitrogen and oxygen atoms in total. The number of nitrogens with two attached hydrogens (primary N) is 1. The monoisotopic (exact) mass is 445 g/mol. The van der Waals surface area contributed by atoms with Crippen LogP contribution in [-0.4, -0.2) is 33.2 Å². The number of benzene rings is 1. The minimum Gasteiger partial charge on any atom is -0.502 e. The van der Waals surface area contributed by atoms with Gasteiger partial charge in [0.15, 0.2) is 22.4 Å². The van der Waals surface area contributed by atoms with Gasteiger partial charge in [-0.25, -0.2) is 9.37 Å². The fourth-order valence-corrected chi connectivity index (χ4v) is 3.69. The van der Waals surface area contributed by atoms with E-state index in [1.54, 1.807) is 0 Å². The van der Waals surface area contributed by atoms with Gasteiger partial charge in [-0.15, -0.1) is 0 Å². The number of anilines is 1. The first-order chi connectivity index (χ1) is 11.8. The molecule has 130 valence electrons. The summed E-state index contributed by atoms with van der Waals surface area (Å²) < 4.78 is 19.6. The maximum atomic E-state index is 14.3. The molecule has 1 aliphatic heterocycles. The van der Waals surface area contributed by atoms with E-state index < -0.39 is 22.7 Å². The maximum Gasteiger partial charge on any atom is 0.293 e. The van der Waals surface area contributed by atoms with Crippen molar-refractivity contribution in [2.45, 2.75) is 0 Å². The number of rotatable bonds is 3. The number of hydrogen-bond acceptors (Lipinski definition) is 8. The number of aromatic nitrogens is 1. The van der Waals surface area contributed by atoms with Crippen LogP contribution in [0.1, 0.15) is 5.56 Å². The van der Waals surface area contributed by atoms with E-state index >= 15 is 0 Å². The van der Waals surface area contributed by atoms with Gasteiger partial charge in [0.1, 0.15) is 0 Å². The number of halogens is 2. The number of phenols is 1. The van der Waals surface area contributed by atoms with Crippen LogP contribution in [0.3, 0.4) is 0 Å². The lowest BCUT2D eigenvalue weighted by Crippen LogP contribution is -2.22. The standard InChI is InChI=1S/C14H9BrFN3O4S2/c1-19-12(21)7(24-14(19)22)3-5-2-6(11(20)10(16)9(5)15)23-8-4-18-13(17)25-8/h2-4,20H,1H3,(H2,17,18)/b7-3-. The van der Waals surface area contributed by atoms with Crippen LogP contribution in [0.2, 0.25) is 0 Å². The van der Waals surface area contributed by atoms with Gasteiger partial charge in [-0.3, -0.25) is 14.5 Å². The van der Waals surface area contributed by atoms with Crippen LogP contribution in [0, 0.1) is 5.82 Å². The molecule has 0 unspecified atom stereocenters. The average molecular weight is 446 g/mol. The third-order valence-corrected chi connectivity index (χ3v) is 5.63. The lowest BCUT2D eigenvalue weighted by atomic mass is 10.1. The summed E-state index contributed by atoms with van der Waals surface area (Å²) in [6.45, 7) is 0. The minimum atomic E-state index is -0.961. The fraction of sp³-hybridized carbons (Fsp3) is 0.0714. The second-order valence-electron chi connectivity index (χ2n) is 4.80. The number of ether oxygens (including phenoxy) is 1. The number of amides is 2. The molecule has 0 radical (unpaired) electrons. The molecule has 2 heterocycles. The van der Waals surface area contributed by atoms with E-state index in [1.165, 1.54) is 25.4 Å². The molecule has 1 aliphatic rings. The largest absolute Gasteiger partial charge is 0.502 e. The second kappa shape index (κ2) is 6.65. The van der Waals surface area contributed by atoms with E-state index in [4.69, 9.17) is 10.5 Å². The number of aromatic hydroxyl groups is 1. The fourth-order valence-electron chi connectivity index (χ4n) is 1.91. The third kappa shape index (κ3) is 3.34. The van der Waals surface area contributed by atoms with Gasteiger partial charge in [0.25, 0.3) is 11.1 Å². The molecule has 3 N–H and O–H groups in total. The van der Waals surface area contributed by atoms with Crippen LogP contribution in [0.25, 0.3) is 6.08 Å². The van der Waals surface area contributed by atoms with Gasteiger partial charge in [-0.2, -0.15) is 0 Å². The van der Waals surface area contributed by atoms with Crippen LogP contribution >= 0.6 is 39.0 Å². The number of likely N-dealkylation sites (N-methyl/N-ethyl adjacent to an activating group) is 1. The van der Waals surface area contributed by atoms with Crippen molar-refractivity contribution in [3.05, 3.63) is 33.0 Å². The highest BCUT2D eigenvalue weighted by atomic mass is 79.9. The number of carbonyl (C=O) groups excluding carboxylic acids is 2. The highest BCUT2D eigenvalue weighted by Gasteiger charge is 2.32. The van der Waals surface area contributed by atoms with Crippen LogP contribution < -0.4 is 10.5 Å². The van der Waals surface area contributed by atoms with E-state index in [9.17, 15) is 19.1 Å². The maximum absolute atomic E-state index is 14.3. The molecule has 1 aromatic heterocycles. The Bertz CT molecular complexity index is 931. The average Bonchev–Trinajstić information content (AvgIpc) is 3.08. The first kappa shape index (κ1) is 17.7. The molecule has 0 bridgehead atoms. The molecule has 0 atom stereocenters. The highest BCUT2D eigenvalue weighted by Crippen LogP contribution is 2.42. The quantitative estimate of drug-likeness (QED) is 0.691. The zero-order valence-electron chi connectivity index (χ0n) is 12.4. The Morgan fingerprint density at radius 1 is 1.48 bits per heavy atom. The Morgan fingerprint density at radius 2 is 2.20 bits per heavy atom. The molecular formula is C14H9BrFN3O4S2. The number of imide groups is 1. The molecule has 1 aromatic carbocycles. The number of thioether (sulfide) groups is 1. The SMILES string of the molecule is CN1C(=O)S/C(=C\c2cc(Oc3cnc(N)s3)c(O)c(F)c2Br)C1=O. The summed E-state index contributed by atoms with van der Waals surface area (Å²) in [5, 5.41) is 10.0. The Balaban J connectivity index is 2.03. The normalized spacial score (nSPS) is 16.1. The van der Waals surface area contributed by atoms with Gasteiger partial charge < -0.3 is 15.6 Å². The van der Waals surface area contributed by atoms with Crippen molar-refractivity contribution in [3.63, 3.8) is 0 Å². The molecular weight excluding hydrogens is 437 g/mol. The Labute approximate surface area is 157 Å². The number of carbonyl (C=O) groups is 2. The van der Waals surface area contributed by atoms with Crippen LogP contribution in [-0.2, 0) is 4.79 Å². The van der Waals surface area contributed by atoms with E-state index in [-0.39, 0.29) is 30.9 Å². The summed E-state index contributed by atoms with van der Waals surface area (Å²) in [6, 6.07) is 1.34. The molecule has 25 heavy (non-hydrogen) atoms. The summed E-state index contributed by atoms with van der Waals surface area (Å²) in [4.78, 5) is 28.4. The predicted molar refractivity (Wildman–Crippen MR) is 96.1 cm³/mol. The van der Waals surface area contributed by atoms with Crippen molar-refractivity contribution in [2.75, 3.05) is 12.8 Å². The summed E-state index contributed by atoms with van der Waals surface area (Å²) in [6.07, 6.45) is 2.68. The summed E-state index contributed by atoms with van der Waals surface area (Å²) >= 11 is 4.78. The molecule has 2 amide bonds. The first-order valence-electron chi connectivity index (χ1n) is 6.59. The van der Waals surface area contributed by atoms with Crippen molar-refractivity contribution in [1.29, 1.82) is 0 Å². The number of hydrogen-bond donors (Lipinski definition) is 2. The molecule has 1 fully saturated rings. The van der Waals surface area contributed by atoms with Crippen LogP contribution in [0.15, 0.2) is 21.6 Å². The van der Waals surface area contributed by atoms with Crippen molar-refractivity contribution in [3.8, 4) is 16.6 Å². The number of phenolic OH excluding ortho intramolecular Hbond substituents is 1. The molecule has 1 saturated heterocycles. The summed E-state index contributed by atoms with van der Waals surface area (Å²) in [5.41, 5.74) is 5.73. The Morgan fingerprint density at radius 3 is 2.76 bits per heavy atom. The summed E-state index contributed by atoms with van der Waals surface area (Å²) in [5.74, 6) is -2.34. The highest BCUT2D eigenvalue weighted by molar-refractivity contribution is 9.10. The van der Waals surface area contributed by atoms with Crippen LogP contribution in [0.4, 0.5) is 14.3 Å². The predicted octanol–water partition coefficient (Wildman–Crippen LogP) is 3.79. The van der Waals surface area contributed by atoms with E-state index in [0.717, 1.165) is 28.0 Å². The van der Waals surface area contributed by atoms with Gasteiger partial charge in [-0.1, -0.05) is 11.3 Å². The van der Waals surface area contributed by atoms with Gasteiger partial charge in [0, 0.05) is 7.05 Å². The lowest BCUT2D eigenvalue weighted by Gasteiger charge is -2.10. The second-order valence-corrected chi connectivity index (χ2v) is 7.61. The molecule has 0 saturated carbocycles. The van der Waals surface area contributed by atoms with E-state index in [0.29, 0.717) is 0 Å². The topological polar surface area (TPSA) is 106 Å². The van der Waals surface area contributed by atoms with Gasteiger partial charge in [0.05, 0.1) is 15.6 Å². The number of thiazole rings is 1. The van der Waals surface area contributed by atoms with Gasteiger partial charge >= 0.3 is 0 Å². The van der Waals surface area contributed by atoms with Crippen molar-refractivity contribution >= 4 is 61.4 Å².